The summed E-state index contributed by atoms with van der Waals surface area (Å²) in [7, 11) is 0. The Morgan fingerprint density at radius 2 is 2.14 bits per heavy atom. The molecule has 0 aliphatic heterocycles. The zero-order chi connectivity index (χ0) is 15.1. The summed E-state index contributed by atoms with van der Waals surface area (Å²) in [5.41, 5.74) is 0.672. The van der Waals surface area contributed by atoms with Gasteiger partial charge in [-0.15, -0.1) is 23.1 Å². The minimum atomic E-state index is -0.187. The predicted octanol–water partition coefficient (Wildman–Crippen LogP) is 3.54. The second-order valence-electron chi connectivity index (χ2n) is 4.63. The first-order valence-electron chi connectivity index (χ1n) is 6.90. The summed E-state index contributed by atoms with van der Waals surface area (Å²) < 4.78 is 0. The third-order valence-electron chi connectivity index (χ3n) is 3.13. The summed E-state index contributed by atoms with van der Waals surface area (Å²) in [5.74, 6) is 0.740. The van der Waals surface area contributed by atoms with Crippen molar-refractivity contribution < 1.29 is 9.90 Å². The van der Waals surface area contributed by atoms with E-state index in [-0.39, 0.29) is 18.6 Å². The molecule has 2 rings (SSSR count). The Hall–Kier alpha value is -1.30. The summed E-state index contributed by atoms with van der Waals surface area (Å²) >= 11 is 3.38. The van der Waals surface area contributed by atoms with Crippen LogP contribution < -0.4 is 5.32 Å². The van der Waals surface area contributed by atoms with Gasteiger partial charge in [0.05, 0.1) is 18.2 Å². The maximum atomic E-state index is 12.3. The lowest BCUT2D eigenvalue weighted by atomic mass is 10.2. The summed E-state index contributed by atoms with van der Waals surface area (Å²) in [6, 6.07) is 11.5. The average Bonchev–Trinajstić information content (AvgIpc) is 3.04. The smallest absolute Gasteiger partial charge is 0.252 e. The zero-order valence-corrected chi connectivity index (χ0v) is 13.5. The predicted molar refractivity (Wildman–Crippen MR) is 89.0 cm³/mol. The Balaban J connectivity index is 2.07. The van der Waals surface area contributed by atoms with E-state index in [2.05, 4.69) is 16.8 Å². The van der Waals surface area contributed by atoms with Crippen molar-refractivity contribution in [3.05, 3.63) is 52.2 Å². The molecule has 1 unspecified atom stereocenters. The van der Waals surface area contributed by atoms with Gasteiger partial charge in [0, 0.05) is 15.5 Å². The van der Waals surface area contributed by atoms with Gasteiger partial charge in [0.15, 0.2) is 0 Å². The van der Waals surface area contributed by atoms with E-state index >= 15 is 0 Å². The van der Waals surface area contributed by atoms with Crippen molar-refractivity contribution in [3.63, 3.8) is 0 Å². The van der Waals surface area contributed by atoms with E-state index in [1.807, 2.05) is 37.3 Å². The minimum Gasteiger partial charge on any atom is -0.394 e. The van der Waals surface area contributed by atoms with E-state index < -0.39 is 0 Å². The molecule has 0 aliphatic rings. The highest BCUT2D eigenvalue weighted by Crippen LogP contribution is 2.28. The monoisotopic (exact) mass is 321 g/mol. The topological polar surface area (TPSA) is 49.3 Å². The molecule has 2 aromatic rings. The number of aliphatic hydroxyl groups excluding tert-OH is 1. The van der Waals surface area contributed by atoms with Gasteiger partial charge in [-0.25, -0.2) is 0 Å². The van der Waals surface area contributed by atoms with Crippen molar-refractivity contribution in [2.75, 3.05) is 6.61 Å². The molecular formula is C16H19NO2S2. The van der Waals surface area contributed by atoms with E-state index in [0.717, 1.165) is 10.6 Å². The number of amides is 1. The lowest BCUT2D eigenvalue weighted by Crippen LogP contribution is -2.37. The molecule has 1 heterocycles. The van der Waals surface area contributed by atoms with Crippen LogP contribution in [-0.2, 0) is 5.75 Å². The van der Waals surface area contributed by atoms with Crippen molar-refractivity contribution in [2.24, 2.45) is 0 Å². The van der Waals surface area contributed by atoms with Crippen molar-refractivity contribution in [3.8, 4) is 0 Å². The van der Waals surface area contributed by atoms with Crippen LogP contribution >= 0.6 is 23.1 Å². The number of hydrogen-bond acceptors (Lipinski definition) is 4. The van der Waals surface area contributed by atoms with Crippen molar-refractivity contribution in [1.82, 2.24) is 5.32 Å². The van der Waals surface area contributed by atoms with Crippen LogP contribution in [0.1, 0.15) is 28.6 Å². The highest BCUT2D eigenvalue weighted by Gasteiger charge is 2.14. The molecule has 2 N–H and O–H groups in total. The van der Waals surface area contributed by atoms with E-state index in [1.165, 1.54) is 4.88 Å². The molecule has 1 atom stereocenters. The molecule has 1 aromatic carbocycles. The second-order valence-corrected chi connectivity index (χ2v) is 6.67. The number of rotatable bonds is 7. The molecule has 3 nitrogen and oxygen atoms in total. The summed E-state index contributed by atoms with van der Waals surface area (Å²) in [6.45, 7) is 1.91. The Morgan fingerprint density at radius 3 is 2.81 bits per heavy atom. The third kappa shape index (κ3) is 4.59. The van der Waals surface area contributed by atoms with E-state index in [1.54, 1.807) is 23.1 Å². The second kappa shape index (κ2) is 8.22. The first-order valence-corrected chi connectivity index (χ1v) is 8.77. The number of nitrogens with one attached hydrogen (secondary N) is 1. The van der Waals surface area contributed by atoms with Crippen LogP contribution in [0.25, 0.3) is 0 Å². The van der Waals surface area contributed by atoms with Gasteiger partial charge in [-0.1, -0.05) is 25.1 Å². The van der Waals surface area contributed by atoms with Crippen LogP contribution in [0.4, 0.5) is 0 Å². The fraction of sp³-hybridized carbons (Fsp3) is 0.312. The molecule has 0 spiro atoms. The van der Waals surface area contributed by atoms with E-state index in [9.17, 15) is 9.90 Å². The van der Waals surface area contributed by atoms with Gasteiger partial charge in [-0.05, 0) is 30.0 Å². The van der Waals surface area contributed by atoms with Gasteiger partial charge in [-0.2, -0.15) is 0 Å². The number of thioether (sulfide) groups is 1. The maximum absolute atomic E-state index is 12.3. The minimum absolute atomic E-state index is 0.0350. The zero-order valence-electron chi connectivity index (χ0n) is 11.9. The highest BCUT2D eigenvalue weighted by molar-refractivity contribution is 7.98. The third-order valence-corrected chi connectivity index (χ3v) is 5.31. The Morgan fingerprint density at radius 1 is 1.33 bits per heavy atom. The molecule has 1 aromatic heterocycles. The van der Waals surface area contributed by atoms with Gasteiger partial charge in [0.2, 0.25) is 0 Å². The summed E-state index contributed by atoms with van der Waals surface area (Å²) in [4.78, 5) is 14.6. The summed E-state index contributed by atoms with van der Waals surface area (Å²) in [5, 5.41) is 14.1. The number of benzene rings is 1. The van der Waals surface area contributed by atoms with Gasteiger partial charge < -0.3 is 10.4 Å². The average molecular weight is 321 g/mol. The Kier molecular flexibility index (Phi) is 6.29. The lowest BCUT2D eigenvalue weighted by Gasteiger charge is -2.15. The first-order chi connectivity index (χ1) is 10.2. The SMILES string of the molecule is CCC(CO)NC(=O)c1ccccc1SCc1cccs1. The van der Waals surface area contributed by atoms with Crippen LogP contribution in [0.15, 0.2) is 46.7 Å². The number of thiophene rings is 1. The molecule has 1 amide bonds. The van der Waals surface area contributed by atoms with Gasteiger partial charge >= 0.3 is 0 Å². The van der Waals surface area contributed by atoms with Crippen molar-refractivity contribution in [1.29, 1.82) is 0 Å². The molecule has 0 saturated heterocycles. The van der Waals surface area contributed by atoms with Gasteiger partial charge in [0.25, 0.3) is 5.91 Å². The molecule has 0 bridgehead atoms. The standard InChI is InChI=1S/C16H19NO2S2/c1-2-12(10-18)17-16(19)14-7-3-4-8-15(14)21-11-13-6-5-9-20-13/h3-9,12,18H,2,10-11H2,1H3,(H,17,19). The molecule has 112 valence electrons. The molecule has 0 radical (unpaired) electrons. The quantitative estimate of drug-likeness (QED) is 0.767. The van der Waals surface area contributed by atoms with Gasteiger partial charge in [-0.3, -0.25) is 4.79 Å². The highest BCUT2D eigenvalue weighted by atomic mass is 32.2. The van der Waals surface area contributed by atoms with Crippen molar-refractivity contribution in [2.45, 2.75) is 30.0 Å². The fourth-order valence-electron chi connectivity index (χ4n) is 1.86. The number of carbonyl (C=O) groups is 1. The Bertz CT molecular complexity index is 565. The molecule has 0 aliphatic carbocycles. The number of aliphatic hydroxyl groups is 1. The number of carbonyl (C=O) groups excluding carboxylic acids is 1. The fourth-order valence-corrected chi connectivity index (χ4v) is 3.69. The molecule has 5 heteroatoms. The lowest BCUT2D eigenvalue weighted by molar-refractivity contribution is 0.0912. The van der Waals surface area contributed by atoms with E-state index in [4.69, 9.17) is 0 Å². The van der Waals surface area contributed by atoms with Crippen LogP contribution in [-0.4, -0.2) is 23.7 Å². The van der Waals surface area contributed by atoms with Crippen molar-refractivity contribution >= 4 is 29.0 Å². The molecule has 21 heavy (non-hydrogen) atoms. The largest absolute Gasteiger partial charge is 0.394 e. The maximum Gasteiger partial charge on any atom is 0.252 e. The Labute approximate surface area is 133 Å². The molecule has 0 saturated carbocycles. The molecular weight excluding hydrogens is 302 g/mol. The van der Waals surface area contributed by atoms with E-state index in [0.29, 0.717) is 12.0 Å². The van der Waals surface area contributed by atoms with Gasteiger partial charge in [0.1, 0.15) is 0 Å². The van der Waals surface area contributed by atoms with Crippen LogP contribution in [0.3, 0.4) is 0 Å². The summed E-state index contributed by atoms with van der Waals surface area (Å²) in [6.07, 6.45) is 0.715. The number of hydrogen-bond donors (Lipinski definition) is 2. The normalized spacial score (nSPS) is 12.1. The van der Waals surface area contributed by atoms with Crippen LogP contribution in [0, 0.1) is 0 Å². The first kappa shape index (κ1) is 16.1. The van der Waals surface area contributed by atoms with Crippen LogP contribution in [0.2, 0.25) is 0 Å². The molecule has 0 fully saturated rings. The van der Waals surface area contributed by atoms with Crippen LogP contribution in [0.5, 0.6) is 0 Å².